The van der Waals surface area contributed by atoms with Gasteiger partial charge in [-0.1, -0.05) is 11.6 Å². The van der Waals surface area contributed by atoms with E-state index in [0.29, 0.717) is 22.9 Å². The molecule has 0 unspecified atom stereocenters. The van der Waals surface area contributed by atoms with Gasteiger partial charge in [-0.3, -0.25) is 4.98 Å². The van der Waals surface area contributed by atoms with Crippen LogP contribution in [0.15, 0.2) is 24.4 Å². The number of benzene rings is 1. The second-order valence-corrected chi connectivity index (χ2v) is 4.08. The number of hydrogen-bond donors (Lipinski definition) is 0. The van der Waals surface area contributed by atoms with Crippen LogP contribution in [0.1, 0.15) is 10.4 Å². The number of fused-ring (bicyclic) bond motifs is 3. The van der Waals surface area contributed by atoms with Gasteiger partial charge in [-0.25, -0.2) is 4.79 Å². The molecular formula is C12H8ClNO3. The maximum atomic E-state index is 11.7. The summed E-state index contributed by atoms with van der Waals surface area (Å²) in [7, 11) is 0. The molecule has 2 heterocycles. The van der Waals surface area contributed by atoms with Gasteiger partial charge in [-0.15, -0.1) is 0 Å². The van der Waals surface area contributed by atoms with Gasteiger partial charge in [-0.05, 0) is 18.2 Å². The van der Waals surface area contributed by atoms with Crippen molar-refractivity contribution in [3.63, 3.8) is 0 Å². The molecule has 0 fully saturated rings. The first-order chi connectivity index (χ1) is 8.25. The number of ether oxygens (including phenoxy) is 2. The number of pyridine rings is 1. The van der Waals surface area contributed by atoms with Crippen LogP contribution in [-0.2, 0) is 4.74 Å². The van der Waals surface area contributed by atoms with Gasteiger partial charge in [0.25, 0.3) is 0 Å². The van der Waals surface area contributed by atoms with Crippen LogP contribution in [0.5, 0.6) is 5.75 Å². The van der Waals surface area contributed by atoms with E-state index in [-0.39, 0.29) is 6.61 Å². The number of rotatable bonds is 0. The lowest BCUT2D eigenvalue weighted by Crippen LogP contribution is -2.05. The highest BCUT2D eigenvalue weighted by Gasteiger charge is 2.21. The highest BCUT2D eigenvalue weighted by molar-refractivity contribution is 6.31. The zero-order chi connectivity index (χ0) is 11.8. The van der Waals surface area contributed by atoms with Crippen LogP contribution < -0.4 is 4.74 Å². The lowest BCUT2D eigenvalue weighted by atomic mass is 10.1. The van der Waals surface area contributed by atoms with Gasteiger partial charge in [0.15, 0.2) is 0 Å². The number of carbonyl (C=O) groups excluding carboxylic acids is 1. The Hall–Kier alpha value is -1.81. The summed E-state index contributed by atoms with van der Waals surface area (Å²) in [5.74, 6) is 0.0897. The van der Waals surface area contributed by atoms with Crippen LogP contribution in [0.4, 0.5) is 0 Å². The van der Waals surface area contributed by atoms with E-state index in [2.05, 4.69) is 4.98 Å². The number of hydrogen-bond acceptors (Lipinski definition) is 4. The number of nitrogens with zero attached hydrogens (tertiary/aromatic N) is 1. The minimum atomic E-state index is -0.410. The zero-order valence-corrected chi connectivity index (χ0v) is 9.53. The molecule has 1 aromatic heterocycles. The molecule has 1 aromatic carbocycles. The number of halogens is 1. The third-order valence-corrected chi connectivity index (χ3v) is 2.80. The van der Waals surface area contributed by atoms with Crippen LogP contribution in [0.25, 0.3) is 10.9 Å². The maximum absolute atomic E-state index is 11.7. The molecule has 0 spiro atoms. The Bertz CT molecular complexity index is 612. The number of carbonyl (C=O) groups is 1. The van der Waals surface area contributed by atoms with Crippen molar-refractivity contribution in [2.24, 2.45) is 0 Å². The molecule has 1 aliphatic rings. The summed E-state index contributed by atoms with van der Waals surface area (Å²) in [6.45, 7) is 0.583. The van der Waals surface area contributed by atoms with E-state index in [4.69, 9.17) is 21.1 Å². The molecule has 0 aliphatic carbocycles. The molecule has 0 radical (unpaired) electrons. The molecule has 17 heavy (non-hydrogen) atoms. The molecule has 0 N–H and O–H groups in total. The van der Waals surface area contributed by atoms with Crippen LogP contribution >= 0.6 is 11.6 Å². The van der Waals surface area contributed by atoms with Gasteiger partial charge in [0.1, 0.15) is 24.5 Å². The van der Waals surface area contributed by atoms with Gasteiger partial charge in [0.05, 0.1) is 5.52 Å². The Labute approximate surface area is 102 Å². The quantitative estimate of drug-likeness (QED) is 0.673. The number of cyclic esters (lactones) is 1. The summed E-state index contributed by atoms with van der Waals surface area (Å²) in [6.07, 6.45) is 1.47. The van der Waals surface area contributed by atoms with Crippen molar-refractivity contribution in [1.29, 1.82) is 0 Å². The van der Waals surface area contributed by atoms with Gasteiger partial charge >= 0.3 is 5.97 Å². The van der Waals surface area contributed by atoms with Crippen molar-refractivity contribution in [3.05, 3.63) is 35.0 Å². The van der Waals surface area contributed by atoms with Crippen molar-refractivity contribution >= 4 is 28.5 Å². The minimum absolute atomic E-state index is 0.246. The predicted molar refractivity (Wildman–Crippen MR) is 62.5 cm³/mol. The Morgan fingerprint density at radius 3 is 2.94 bits per heavy atom. The van der Waals surface area contributed by atoms with E-state index in [0.717, 1.165) is 10.9 Å². The summed E-state index contributed by atoms with van der Waals surface area (Å²) in [5, 5.41) is 1.31. The summed E-state index contributed by atoms with van der Waals surface area (Å²) >= 11 is 5.94. The summed E-state index contributed by atoms with van der Waals surface area (Å²) in [4.78, 5) is 15.8. The van der Waals surface area contributed by atoms with Crippen LogP contribution in [0.2, 0.25) is 5.02 Å². The molecular weight excluding hydrogens is 242 g/mol. The molecule has 3 rings (SSSR count). The summed E-state index contributed by atoms with van der Waals surface area (Å²) in [6, 6.07) is 5.27. The molecule has 5 heteroatoms. The van der Waals surface area contributed by atoms with Gasteiger partial charge in [0, 0.05) is 16.6 Å². The Kier molecular flexibility index (Phi) is 2.37. The normalized spacial score (nSPS) is 14.8. The van der Waals surface area contributed by atoms with Crippen molar-refractivity contribution in [3.8, 4) is 5.75 Å². The van der Waals surface area contributed by atoms with E-state index in [1.807, 2.05) is 0 Å². The average molecular weight is 250 g/mol. The molecule has 0 saturated carbocycles. The number of esters is 1. The van der Waals surface area contributed by atoms with Crippen LogP contribution in [-0.4, -0.2) is 24.2 Å². The van der Waals surface area contributed by atoms with E-state index in [1.54, 1.807) is 18.2 Å². The SMILES string of the molecule is O=C1OCCOc2c1cnc1ccc(Cl)cc21. The molecule has 0 saturated heterocycles. The van der Waals surface area contributed by atoms with Crippen molar-refractivity contribution in [2.45, 2.75) is 0 Å². The first kappa shape index (κ1) is 10.4. The van der Waals surface area contributed by atoms with E-state index in [1.165, 1.54) is 6.20 Å². The zero-order valence-electron chi connectivity index (χ0n) is 8.77. The summed E-state index contributed by atoms with van der Waals surface area (Å²) < 4.78 is 10.5. The third-order valence-electron chi connectivity index (χ3n) is 2.56. The highest BCUT2D eigenvalue weighted by atomic mass is 35.5. The Balaban J connectivity index is 2.33. The standard InChI is InChI=1S/C12H8ClNO3/c13-7-1-2-10-8(5-7)11-9(6-14-10)12(15)17-4-3-16-11/h1-2,5-6H,3-4H2. The van der Waals surface area contributed by atoms with Crippen molar-refractivity contribution in [2.75, 3.05) is 13.2 Å². The van der Waals surface area contributed by atoms with E-state index >= 15 is 0 Å². The first-order valence-corrected chi connectivity index (χ1v) is 5.52. The Morgan fingerprint density at radius 1 is 1.24 bits per heavy atom. The van der Waals surface area contributed by atoms with Crippen LogP contribution in [0, 0.1) is 0 Å². The monoisotopic (exact) mass is 249 g/mol. The maximum Gasteiger partial charge on any atom is 0.343 e. The summed E-state index contributed by atoms with van der Waals surface area (Å²) in [5.41, 5.74) is 1.08. The predicted octanol–water partition coefficient (Wildman–Crippen LogP) is 2.44. The fourth-order valence-corrected chi connectivity index (χ4v) is 1.97. The molecule has 0 atom stereocenters. The average Bonchev–Trinajstić information content (AvgIpc) is 2.52. The lowest BCUT2D eigenvalue weighted by Gasteiger charge is -2.08. The largest absolute Gasteiger partial charge is 0.488 e. The van der Waals surface area contributed by atoms with Gasteiger partial charge < -0.3 is 9.47 Å². The lowest BCUT2D eigenvalue weighted by molar-refractivity contribution is 0.0492. The molecule has 4 nitrogen and oxygen atoms in total. The molecule has 1 aliphatic heterocycles. The topological polar surface area (TPSA) is 48.4 Å². The second-order valence-electron chi connectivity index (χ2n) is 3.65. The van der Waals surface area contributed by atoms with Crippen molar-refractivity contribution in [1.82, 2.24) is 4.98 Å². The van der Waals surface area contributed by atoms with Crippen LogP contribution in [0.3, 0.4) is 0 Å². The van der Waals surface area contributed by atoms with E-state index < -0.39 is 5.97 Å². The third kappa shape index (κ3) is 1.70. The minimum Gasteiger partial charge on any atom is -0.488 e. The molecule has 0 amide bonds. The van der Waals surface area contributed by atoms with E-state index in [9.17, 15) is 4.79 Å². The smallest absolute Gasteiger partial charge is 0.343 e. The fraction of sp³-hybridized carbons (Fsp3) is 0.167. The second kappa shape index (κ2) is 3.89. The van der Waals surface area contributed by atoms with Gasteiger partial charge in [0.2, 0.25) is 0 Å². The molecule has 2 aromatic rings. The fourth-order valence-electron chi connectivity index (χ4n) is 1.80. The highest BCUT2D eigenvalue weighted by Crippen LogP contribution is 2.31. The Morgan fingerprint density at radius 2 is 2.06 bits per heavy atom. The number of aromatic nitrogens is 1. The molecule has 0 bridgehead atoms. The van der Waals surface area contributed by atoms with Crippen molar-refractivity contribution < 1.29 is 14.3 Å². The van der Waals surface area contributed by atoms with Gasteiger partial charge in [-0.2, -0.15) is 0 Å². The molecule has 86 valence electrons. The first-order valence-electron chi connectivity index (χ1n) is 5.14.